The highest BCUT2D eigenvalue weighted by molar-refractivity contribution is 6.33. The van der Waals surface area contributed by atoms with E-state index in [9.17, 15) is 14.7 Å². The van der Waals surface area contributed by atoms with Crippen molar-refractivity contribution in [1.29, 1.82) is 0 Å². The van der Waals surface area contributed by atoms with E-state index in [1.807, 2.05) is 32.1 Å². The Balaban J connectivity index is 1.85. The summed E-state index contributed by atoms with van der Waals surface area (Å²) in [7, 11) is 1.85. The van der Waals surface area contributed by atoms with Crippen molar-refractivity contribution < 1.29 is 14.7 Å². The molecule has 3 nitrogen and oxygen atoms in total. The van der Waals surface area contributed by atoms with Crippen LogP contribution in [0.4, 0.5) is 0 Å². The average Bonchev–Trinajstić information content (AvgIpc) is 2.88. The molecule has 1 N–H and O–H groups in total. The topological polar surface area (TPSA) is 54.4 Å². The molecule has 0 radical (unpaired) electrons. The van der Waals surface area contributed by atoms with Gasteiger partial charge in [0.1, 0.15) is 7.85 Å². The van der Waals surface area contributed by atoms with Crippen LogP contribution < -0.4 is 5.46 Å². The monoisotopic (exact) mass is 354 g/mol. The summed E-state index contributed by atoms with van der Waals surface area (Å²) in [4.78, 5) is 24.7. The molecule has 0 amide bonds. The van der Waals surface area contributed by atoms with Gasteiger partial charge >= 0.3 is 5.97 Å². The highest BCUT2D eigenvalue weighted by Crippen LogP contribution is 2.48. The number of aromatic carboxylic acids is 1. The molecule has 0 bridgehead atoms. The first-order valence-corrected chi connectivity index (χ1v) is 8.94. The molecule has 1 aliphatic carbocycles. The lowest BCUT2D eigenvalue weighted by atomic mass is 9.81. The molecule has 1 aliphatic rings. The van der Waals surface area contributed by atoms with Gasteiger partial charge in [0, 0.05) is 16.5 Å². The molecule has 3 aromatic rings. The third kappa shape index (κ3) is 2.60. The van der Waals surface area contributed by atoms with Gasteiger partial charge in [-0.3, -0.25) is 4.79 Å². The van der Waals surface area contributed by atoms with Crippen molar-refractivity contribution in [1.82, 2.24) is 0 Å². The molecule has 132 valence electrons. The predicted molar refractivity (Wildman–Crippen MR) is 109 cm³/mol. The Kier molecular flexibility index (Phi) is 3.81. The molecule has 0 heterocycles. The van der Waals surface area contributed by atoms with Crippen molar-refractivity contribution in [2.45, 2.75) is 19.3 Å². The second-order valence-corrected chi connectivity index (χ2v) is 7.61. The number of hydrogen-bond acceptors (Lipinski definition) is 2. The third-order valence-corrected chi connectivity index (χ3v) is 5.50. The van der Waals surface area contributed by atoms with E-state index in [1.165, 1.54) is 17.2 Å². The molecule has 0 saturated carbocycles. The first-order chi connectivity index (χ1) is 12.8. The van der Waals surface area contributed by atoms with E-state index in [0.29, 0.717) is 5.56 Å². The van der Waals surface area contributed by atoms with Crippen LogP contribution in [0.2, 0.25) is 0 Å². The summed E-state index contributed by atoms with van der Waals surface area (Å²) >= 11 is 0. The molecule has 4 rings (SSSR count). The van der Waals surface area contributed by atoms with Crippen molar-refractivity contribution >= 4 is 25.1 Å². The molecular formula is C23H19BO3. The van der Waals surface area contributed by atoms with Crippen LogP contribution in [0.3, 0.4) is 0 Å². The first kappa shape index (κ1) is 17.3. The van der Waals surface area contributed by atoms with Gasteiger partial charge in [-0.1, -0.05) is 67.8 Å². The maximum atomic E-state index is 13.1. The van der Waals surface area contributed by atoms with E-state index in [4.69, 9.17) is 0 Å². The molecule has 0 unspecified atom stereocenters. The summed E-state index contributed by atoms with van der Waals surface area (Å²) in [6, 6.07) is 18.8. The molecule has 27 heavy (non-hydrogen) atoms. The van der Waals surface area contributed by atoms with Crippen LogP contribution in [-0.2, 0) is 5.41 Å². The number of carbonyl (C=O) groups excluding carboxylic acids is 1. The molecule has 3 aromatic carbocycles. The fourth-order valence-electron chi connectivity index (χ4n) is 4.03. The minimum absolute atomic E-state index is 0.0358. The Hall–Kier alpha value is -3.14. The number of carboxylic acid groups (broad SMARTS) is 1. The Morgan fingerprint density at radius 1 is 0.852 bits per heavy atom. The van der Waals surface area contributed by atoms with Gasteiger partial charge in [0.25, 0.3) is 0 Å². The molecule has 0 fully saturated rings. The summed E-state index contributed by atoms with van der Waals surface area (Å²) in [5.41, 5.74) is 6.10. The van der Waals surface area contributed by atoms with Gasteiger partial charge in [-0.05, 0) is 34.4 Å². The highest BCUT2D eigenvalue weighted by Gasteiger charge is 2.35. The van der Waals surface area contributed by atoms with Crippen LogP contribution >= 0.6 is 0 Å². The van der Waals surface area contributed by atoms with E-state index >= 15 is 0 Å². The van der Waals surface area contributed by atoms with Crippen molar-refractivity contribution in [2.75, 3.05) is 0 Å². The number of carboxylic acids is 1. The van der Waals surface area contributed by atoms with E-state index in [0.717, 1.165) is 16.6 Å². The molecule has 0 atom stereocenters. The SMILES string of the molecule is Bc1ccc(C(=O)O)c(C(=O)c2ccc3c(c2)C(C)(C)c2ccccc2-3)c1. The molecule has 0 aliphatic heterocycles. The minimum atomic E-state index is -1.09. The Labute approximate surface area is 159 Å². The number of fused-ring (bicyclic) bond motifs is 3. The maximum absolute atomic E-state index is 13.1. The van der Waals surface area contributed by atoms with Crippen LogP contribution in [0.25, 0.3) is 11.1 Å². The van der Waals surface area contributed by atoms with Gasteiger partial charge in [-0.2, -0.15) is 0 Å². The Morgan fingerprint density at radius 3 is 2.30 bits per heavy atom. The summed E-state index contributed by atoms with van der Waals surface area (Å²) in [5, 5.41) is 9.46. The highest BCUT2D eigenvalue weighted by atomic mass is 16.4. The van der Waals surface area contributed by atoms with E-state index < -0.39 is 5.97 Å². The zero-order valence-corrected chi connectivity index (χ0v) is 15.5. The minimum Gasteiger partial charge on any atom is -0.478 e. The summed E-state index contributed by atoms with van der Waals surface area (Å²) in [5.74, 6) is -1.35. The predicted octanol–water partition coefficient (Wildman–Crippen LogP) is 3.18. The molecule has 0 saturated heterocycles. The van der Waals surface area contributed by atoms with E-state index in [2.05, 4.69) is 26.0 Å². The van der Waals surface area contributed by atoms with Crippen molar-refractivity contribution in [3.05, 3.63) is 88.5 Å². The van der Waals surface area contributed by atoms with Crippen LogP contribution in [0.5, 0.6) is 0 Å². The number of carbonyl (C=O) groups is 2. The normalized spacial score (nSPS) is 13.7. The quantitative estimate of drug-likeness (QED) is 0.581. The smallest absolute Gasteiger partial charge is 0.336 e. The van der Waals surface area contributed by atoms with Crippen LogP contribution in [0.1, 0.15) is 51.3 Å². The Bertz CT molecular complexity index is 1110. The van der Waals surface area contributed by atoms with Crippen LogP contribution in [0.15, 0.2) is 60.7 Å². The van der Waals surface area contributed by atoms with Gasteiger partial charge in [-0.25, -0.2) is 4.79 Å². The number of hydrogen-bond donors (Lipinski definition) is 1. The van der Waals surface area contributed by atoms with Gasteiger partial charge in [0.05, 0.1) is 5.56 Å². The third-order valence-electron chi connectivity index (χ3n) is 5.50. The van der Waals surface area contributed by atoms with Gasteiger partial charge in [-0.15, -0.1) is 0 Å². The lowest BCUT2D eigenvalue weighted by molar-refractivity contribution is 0.0693. The molecule has 4 heteroatoms. The van der Waals surface area contributed by atoms with E-state index in [1.54, 1.807) is 18.2 Å². The number of ketones is 1. The largest absolute Gasteiger partial charge is 0.478 e. The van der Waals surface area contributed by atoms with E-state index in [-0.39, 0.29) is 22.3 Å². The van der Waals surface area contributed by atoms with Gasteiger partial charge in [0.15, 0.2) is 5.78 Å². The van der Waals surface area contributed by atoms with Crippen molar-refractivity contribution in [3.8, 4) is 11.1 Å². The lowest BCUT2D eigenvalue weighted by Crippen LogP contribution is -2.17. The first-order valence-electron chi connectivity index (χ1n) is 8.94. The average molecular weight is 354 g/mol. The lowest BCUT2D eigenvalue weighted by Gasteiger charge is -2.21. The van der Waals surface area contributed by atoms with Gasteiger partial charge < -0.3 is 5.11 Å². The number of benzene rings is 3. The summed E-state index contributed by atoms with van der Waals surface area (Å²) in [6.45, 7) is 4.31. The zero-order valence-electron chi connectivity index (χ0n) is 15.5. The summed E-state index contributed by atoms with van der Waals surface area (Å²) in [6.07, 6.45) is 0. The second-order valence-electron chi connectivity index (χ2n) is 7.61. The second kappa shape index (κ2) is 5.95. The van der Waals surface area contributed by atoms with Crippen molar-refractivity contribution in [3.63, 3.8) is 0 Å². The maximum Gasteiger partial charge on any atom is 0.336 e. The summed E-state index contributed by atoms with van der Waals surface area (Å²) < 4.78 is 0. The fraction of sp³-hybridized carbons (Fsp3) is 0.130. The zero-order chi connectivity index (χ0) is 19.3. The van der Waals surface area contributed by atoms with Crippen molar-refractivity contribution in [2.24, 2.45) is 0 Å². The fourth-order valence-corrected chi connectivity index (χ4v) is 4.03. The molecule has 0 spiro atoms. The molecular weight excluding hydrogens is 335 g/mol. The van der Waals surface area contributed by atoms with Gasteiger partial charge in [0.2, 0.25) is 0 Å². The van der Waals surface area contributed by atoms with Crippen LogP contribution in [-0.4, -0.2) is 24.7 Å². The molecule has 0 aromatic heterocycles. The van der Waals surface area contributed by atoms with Crippen LogP contribution in [0, 0.1) is 0 Å². The Morgan fingerprint density at radius 2 is 1.56 bits per heavy atom. The standard InChI is InChI=1S/C23H19BO3/c1-23(2)19-6-4-3-5-15(19)16-9-7-13(11-20(16)23)21(25)18-12-14(24)8-10-17(18)22(26)27/h3-12H,24H2,1-2H3,(H,26,27). The number of rotatable bonds is 3.